The number of carboxylic acid groups (broad SMARTS) is 1. The predicted molar refractivity (Wildman–Crippen MR) is 68.9 cm³/mol. The Hall–Kier alpha value is -2.34. The van der Waals surface area contributed by atoms with Crippen molar-refractivity contribution < 1.29 is 19.8 Å². The highest BCUT2D eigenvalue weighted by Crippen LogP contribution is 2.16. The van der Waals surface area contributed by atoms with Crippen LogP contribution in [0.5, 0.6) is 0 Å². The minimum absolute atomic E-state index is 0.0260. The van der Waals surface area contributed by atoms with Crippen molar-refractivity contribution >= 4 is 22.8 Å². The molecule has 6 heteroatoms. The number of hydrogen-bond acceptors (Lipinski definition) is 3. The van der Waals surface area contributed by atoms with Crippen LogP contribution in [-0.2, 0) is 4.79 Å². The van der Waals surface area contributed by atoms with Crippen LogP contribution in [0.25, 0.3) is 10.9 Å². The number of H-pyrrole nitrogens is 1. The van der Waals surface area contributed by atoms with Crippen molar-refractivity contribution in [2.45, 2.75) is 12.5 Å². The lowest BCUT2D eigenvalue weighted by Gasteiger charge is -2.08. The summed E-state index contributed by atoms with van der Waals surface area (Å²) in [7, 11) is 0. The van der Waals surface area contributed by atoms with Gasteiger partial charge in [0.15, 0.2) is 6.10 Å². The van der Waals surface area contributed by atoms with Crippen LogP contribution in [0, 0.1) is 0 Å². The molecule has 1 amide bonds. The lowest BCUT2D eigenvalue weighted by Crippen LogP contribution is -2.30. The summed E-state index contributed by atoms with van der Waals surface area (Å²) in [5, 5.41) is 21.1. The summed E-state index contributed by atoms with van der Waals surface area (Å²) < 4.78 is 0. The Morgan fingerprint density at radius 1 is 1.32 bits per heavy atom. The molecule has 0 bridgehead atoms. The molecule has 0 aliphatic rings. The quantitative estimate of drug-likeness (QED) is 0.638. The molecule has 1 heterocycles. The largest absolute Gasteiger partial charge is 0.479 e. The molecular weight excluding hydrogens is 248 g/mol. The van der Waals surface area contributed by atoms with E-state index in [2.05, 4.69) is 10.3 Å². The van der Waals surface area contributed by atoms with Gasteiger partial charge in [0.2, 0.25) is 0 Å². The lowest BCUT2D eigenvalue weighted by atomic mass is 10.1. The number of para-hydroxylation sites is 1. The summed E-state index contributed by atoms with van der Waals surface area (Å²) in [4.78, 5) is 25.3. The molecule has 2 aromatic rings. The Balaban J connectivity index is 2.00. The summed E-state index contributed by atoms with van der Waals surface area (Å²) in [5.74, 6) is -1.59. The summed E-state index contributed by atoms with van der Waals surface area (Å²) >= 11 is 0. The third-order valence-electron chi connectivity index (χ3n) is 2.82. The molecule has 4 N–H and O–H groups in total. The standard InChI is InChI=1S/C13H14N2O4/c16-10(13(18)19)5-7-15-12(17)9-3-1-2-8-4-6-14-11(8)9/h1-4,6,10,14,16H,5,7H2,(H,15,17)(H,18,19)/t10-/m0/s1. The molecule has 0 radical (unpaired) electrons. The summed E-state index contributed by atoms with van der Waals surface area (Å²) in [6, 6.07) is 7.20. The van der Waals surface area contributed by atoms with E-state index in [0.29, 0.717) is 5.56 Å². The molecule has 0 aliphatic carbocycles. The van der Waals surface area contributed by atoms with Crippen molar-refractivity contribution in [1.29, 1.82) is 0 Å². The van der Waals surface area contributed by atoms with E-state index in [-0.39, 0.29) is 18.9 Å². The van der Waals surface area contributed by atoms with Crippen molar-refractivity contribution in [3.8, 4) is 0 Å². The van der Waals surface area contributed by atoms with Gasteiger partial charge in [-0.05, 0) is 12.1 Å². The Kier molecular flexibility index (Phi) is 3.82. The van der Waals surface area contributed by atoms with Gasteiger partial charge >= 0.3 is 5.97 Å². The smallest absolute Gasteiger partial charge is 0.332 e. The van der Waals surface area contributed by atoms with Gasteiger partial charge in [-0.3, -0.25) is 4.79 Å². The van der Waals surface area contributed by atoms with E-state index in [0.717, 1.165) is 10.9 Å². The molecular formula is C13H14N2O4. The molecule has 6 nitrogen and oxygen atoms in total. The summed E-state index contributed by atoms with van der Waals surface area (Å²) in [6.07, 6.45) is 0.263. The third kappa shape index (κ3) is 2.92. The van der Waals surface area contributed by atoms with E-state index in [1.807, 2.05) is 12.1 Å². The molecule has 0 saturated carbocycles. The zero-order valence-electron chi connectivity index (χ0n) is 10.1. The van der Waals surface area contributed by atoms with Crippen molar-refractivity contribution in [2.75, 3.05) is 6.54 Å². The van der Waals surface area contributed by atoms with Crippen LogP contribution in [0.15, 0.2) is 30.5 Å². The Labute approximate surface area is 109 Å². The highest BCUT2D eigenvalue weighted by atomic mass is 16.4. The van der Waals surface area contributed by atoms with Crippen molar-refractivity contribution in [1.82, 2.24) is 10.3 Å². The second-order valence-corrected chi connectivity index (χ2v) is 4.15. The number of aliphatic hydroxyl groups excluding tert-OH is 1. The fourth-order valence-electron chi connectivity index (χ4n) is 1.82. The van der Waals surface area contributed by atoms with Crippen LogP contribution < -0.4 is 5.32 Å². The van der Waals surface area contributed by atoms with Gasteiger partial charge in [0.05, 0.1) is 11.1 Å². The number of benzene rings is 1. The van der Waals surface area contributed by atoms with Gasteiger partial charge in [-0.1, -0.05) is 12.1 Å². The first kappa shape index (κ1) is 13.1. The van der Waals surface area contributed by atoms with E-state index in [1.54, 1.807) is 18.3 Å². The number of carbonyl (C=O) groups excluding carboxylic acids is 1. The maximum Gasteiger partial charge on any atom is 0.332 e. The molecule has 2 rings (SSSR count). The maximum absolute atomic E-state index is 11.9. The van der Waals surface area contributed by atoms with Crippen LogP contribution in [0.3, 0.4) is 0 Å². The number of carboxylic acids is 1. The average Bonchev–Trinajstić information content (AvgIpc) is 2.86. The van der Waals surface area contributed by atoms with Gasteiger partial charge in [-0.2, -0.15) is 0 Å². The molecule has 0 unspecified atom stereocenters. The number of carbonyl (C=O) groups is 2. The van der Waals surface area contributed by atoms with E-state index in [4.69, 9.17) is 10.2 Å². The zero-order valence-corrected chi connectivity index (χ0v) is 10.1. The van der Waals surface area contributed by atoms with Gasteiger partial charge in [0, 0.05) is 24.5 Å². The molecule has 0 aliphatic heterocycles. The van der Waals surface area contributed by atoms with Crippen molar-refractivity contribution in [3.63, 3.8) is 0 Å². The number of aromatic amines is 1. The number of nitrogens with one attached hydrogen (secondary N) is 2. The second kappa shape index (κ2) is 5.53. The first-order chi connectivity index (χ1) is 9.09. The van der Waals surface area contributed by atoms with Crippen LogP contribution in [-0.4, -0.2) is 39.7 Å². The molecule has 0 fully saturated rings. The van der Waals surface area contributed by atoms with Crippen molar-refractivity contribution in [2.24, 2.45) is 0 Å². The van der Waals surface area contributed by atoms with Crippen LogP contribution in [0.4, 0.5) is 0 Å². The Morgan fingerprint density at radius 3 is 2.84 bits per heavy atom. The molecule has 1 atom stereocenters. The second-order valence-electron chi connectivity index (χ2n) is 4.15. The number of rotatable bonds is 5. The third-order valence-corrected chi connectivity index (χ3v) is 2.82. The van der Waals surface area contributed by atoms with Gasteiger partial charge < -0.3 is 20.5 Å². The minimum Gasteiger partial charge on any atom is -0.479 e. The highest BCUT2D eigenvalue weighted by molar-refractivity contribution is 6.05. The number of aliphatic carboxylic acids is 1. The normalized spacial score (nSPS) is 12.3. The fraction of sp³-hybridized carbons (Fsp3) is 0.231. The van der Waals surface area contributed by atoms with Gasteiger partial charge in [0.1, 0.15) is 0 Å². The SMILES string of the molecule is O=C(NCC[C@H](O)C(=O)O)c1cccc2cc[nH]c12. The number of aromatic nitrogens is 1. The number of aliphatic hydroxyl groups is 1. The Bertz CT molecular complexity index is 605. The van der Waals surface area contributed by atoms with Gasteiger partial charge in [-0.15, -0.1) is 0 Å². The van der Waals surface area contributed by atoms with E-state index in [9.17, 15) is 9.59 Å². The monoisotopic (exact) mass is 262 g/mol. The lowest BCUT2D eigenvalue weighted by molar-refractivity contribution is -0.146. The summed E-state index contributed by atoms with van der Waals surface area (Å²) in [5.41, 5.74) is 1.23. The van der Waals surface area contributed by atoms with Crippen LogP contribution in [0.1, 0.15) is 16.8 Å². The fourth-order valence-corrected chi connectivity index (χ4v) is 1.82. The Morgan fingerprint density at radius 2 is 2.11 bits per heavy atom. The molecule has 1 aromatic heterocycles. The van der Waals surface area contributed by atoms with Crippen LogP contribution in [0.2, 0.25) is 0 Å². The van der Waals surface area contributed by atoms with E-state index < -0.39 is 12.1 Å². The van der Waals surface area contributed by atoms with Crippen LogP contribution >= 0.6 is 0 Å². The first-order valence-electron chi connectivity index (χ1n) is 5.85. The van der Waals surface area contributed by atoms with Gasteiger partial charge in [-0.25, -0.2) is 4.79 Å². The summed E-state index contributed by atoms with van der Waals surface area (Å²) in [6.45, 7) is 0.101. The number of hydrogen-bond donors (Lipinski definition) is 4. The van der Waals surface area contributed by atoms with Crippen molar-refractivity contribution in [3.05, 3.63) is 36.0 Å². The van der Waals surface area contributed by atoms with Gasteiger partial charge in [0.25, 0.3) is 5.91 Å². The first-order valence-corrected chi connectivity index (χ1v) is 5.85. The maximum atomic E-state index is 11.9. The molecule has 0 spiro atoms. The molecule has 1 aromatic carbocycles. The van der Waals surface area contributed by atoms with E-state index in [1.165, 1.54) is 0 Å². The minimum atomic E-state index is -1.46. The molecule has 0 saturated heterocycles. The number of fused-ring (bicyclic) bond motifs is 1. The number of amides is 1. The topological polar surface area (TPSA) is 102 Å². The molecule has 100 valence electrons. The molecule has 19 heavy (non-hydrogen) atoms. The zero-order chi connectivity index (χ0) is 13.8. The highest BCUT2D eigenvalue weighted by Gasteiger charge is 2.14. The van der Waals surface area contributed by atoms with E-state index >= 15 is 0 Å². The average molecular weight is 262 g/mol. The predicted octanol–water partition coefficient (Wildman–Crippen LogP) is 0.733.